The monoisotopic (exact) mass is 256 g/mol. The highest BCUT2D eigenvalue weighted by molar-refractivity contribution is 5.54. The first kappa shape index (κ1) is 12.4. The molecule has 1 atom stereocenters. The van der Waals surface area contributed by atoms with Crippen molar-refractivity contribution >= 4 is 0 Å². The van der Waals surface area contributed by atoms with Crippen LogP contribution in [0.5, 0.6) is 0 Å². The summed E-state index contributed by atoms with van der Waals surface area (Å²) in [6.45, 7) is 2.32. The summed E-state index contributed by atoms with van der Waals surface area (Å²) in [5.74, 6) is 0.760. The summed E-state index contributed by atoms with van der Waals surface area (Å²) in [6.07, 6.45) is 7.49. The maximum atomic E-state index is 4.46. The topological polar surface area (TPSA) is 42.7 Å². The smallest absolute Gasteiger partial charge is 0.0885 e. The van der Waals surface area contributed by atoms with E-state index in [-0.39, 0.29) is 0 Å². The van der Waals surface area contributed by atoms with Crippen LogP contribution in [0.1, 0.15) is 18.4 Å². The quantitative estimate of drug-likeness (QED) is 0.913. The molecule has 0 aromatic carbocycles. The first-order chi connectivity index (χ1) is 9.33. The van der Waals surface area contributed by atoms with Gasteiger partial charge >= 0.3 is 0 Å². The molecule has 0 bridgehead atoms. The Morgan fingerprint density at radius 3 is 3.05 bits per heavy atom. The SMILES string of the molecule is Cn1nccc1-c1cc(CC2CCCNC2)ccn1. The molecule has 19 heavy (non-hydrogen) atoms. The van der Waals surface area contributed by atoms with Crippen molar-refractivity contribution < 1.29 is 0 Å². The minimum Gasteiger partial charge on any atom is -0.316 e. The van der Waals surface area contributed by atoms with Crippen LogP contribution in [0.3, 0.4) is 0 Å². The Kier molecular flexibility index (Phi) is 3.60. The van der Waals surface area contributed by atoms with Gasteiger partial charge in [0.15, 0.2) is 0 Å². The highest BCUT2D eigenvalue weighted by atomic mass is 15.3. The lowest BCUT2D eigenvalue weighted by molar-refractivity contribution is 0.376. The second-order valence-electron chi connectivity index (χ2n) is 5.31. The van der Waals surface area contributed by atoms with Gasteiger partial charge in [-0.25, -0.2) is 0 Å². The molecule has 0 amide bonds. The molecule has 3 heterocycles. The van der Waals surface area contributed by atoms with Crippen LogP contribution >= 0.6 is 0 Å². The molecule has 100 valence electrons. The van der Waals surface area contributed by atoms with E-state index in [1.807, 2.05) is 30.2 Å². The molecule has 4 nitrogen and oxygen atoms in total. The van der Waals surface area contributed by atoms with E-state index < -0.39 is 0 Å². The van der Waals surface area contributed by atoms with E-state index >= 15 is 0 Å². The summed E-state index contributed by atoms with van der Waals surface area (Å²) < 4.78 is 1.87. The van der Waals surface area contributed by atoms with E-state index in [1.165, 1.54) is 24.9 Å². The largest absolute Gasteiger partial charge is 0.316 e. The summed E-state index contributed by atoms with van der Waals surface area (Å²) in [4.78, 5) is 4.46. The Hall–Kier alpha value is -1.68. The molecule has 2 aromatic rings. The van der Waals surface area contributed by atoms with Crippen LogP contribution in [-0.4, -0.2) is 27.9 Å². The maximum absolute atomic E-state index is 4.46. The third-order valence-electron chi connectivity index (χ3n) is 3.83. The minimum absolute atomic E-state index is 0.760. The van der Waals surface area contributed by atoms with Crippen LogP contribution in [0.15, 0.2) is 30.6 Å². The fraction of sp³-hybridized carbons (Fsp3) is 0.467. The number of nitrogens with zero attached hydrogens (tertiary/aromatic N) is 3. The van der Waals surface area contributed by atoms with Gasteiger partial charge in [0.1, 0.15) is 0 Å². The van der Waals surface area contributed by atoms with Gasteiger partial charge in [-0.3, -0.25) is 9.67 Å². The van der Waals surface area contributed by atoms with Gasteiger partial charge < -0.3 is 5.32 Å². The average molecular weight is 256 g/mol. The van der Waals surface area contributed by atoms with Gasteiger partial charge in [-0.2, -0.15) is 5.10 Å². The summed E-state index contributed by atoms with van der Waals surface area (Å²) in [7, 11) is 1.95. The molecular formula is C15H20N4. The molecule has 1 N–H and O–H groups in total. The first-order valence-corrected chi connectivity index (χ1v) is 6.97. The molecule has 1 saturated heterocycles. The van der Waals surface area contributed by atoms with Gasteiger partial charge in [-0.15, -0.1) is 0 Å². The third kappa shape index (κ3) is 2.84. The van der Waals surface area contributed by atoms with E-state index in [9.17, 15) is 0 Å². The Morgan fingerprint density at radius 1 is 1.37 bits per heavy atom. The average Bonchev–Trinajstić information content (AvgIpc) is 2.86. The Balaban J connectivity index is 1.78. The number of piperidine rings is 1. The van der Waals surface area contributed by atoms with Gasteiger partial charge in [0, 0.05) is 19.4 Å². The number of rotatable bonds is 3. The van der Waals surface area contributed by atoms with Crippen LogP contribution in [0, 0.1) is 5.92 Å². The molecule has 1 unspecified atom stereocenters. The Bertz CT molecular complexity index is 541. The van der Waals surface area contributed by atoms with E-state index in [2.05, 4.69) is 27.5 Å². The Labute approximate surface area is 113 Å². The van der Waals surface area contributed by atoms with Crippen LogP contribution in [0.4, 0.5) is 0 Å². The van der Waals surface area contributed by atoms with Crippen molar-refractivity contribution in [2.24, 2.45) is 13.0 Å². The highest BCUT2D eigenvalue weighted by Gasteiger charge is 2.14. The molecule has 0 spiro atoms. The molecule has 3 rings (SSSR count). The lowest BCUT2D eigenvalue weighted by Crippen LogP contribution is -2.30. The molecule has 1 aliphatic rings. The van der Waals surface area contributed by atoms with Crippen LogP contribution < -0.4 is 5.32 Å². The fourth-order valence-corrected chi connectivity index (χ4v) is 2.80. The predicted molar refractivity (Wildman–Crippen MR) is 75.7 cm³/mol. The molecule has 0 aliphatic carbocycles. The van der Waals surface area contributed by atoms with Gasteiger partial charge in [-0.05, 0) is 62.0 Å². The predicted octanol–water partition coefficient (Wildman–Crippen LogP) is 2.02. The van der Waals surface area contributed by atoms with Crippen molar-refractivity contribution in [3.63, 3.8) is 0 Å². The first-order valence-electron chi connectivity index (χ1n) is 6.97. The molecular weight excluding hydrogens is 236 g/mol. The number of aryl methyl sites for hydroxylation is 1. The van der Waals surface area contributed by atoms with Gasteiger partial charge in [0.2, 0.25) is 0 Å². The highest BCUT2D eigenvalue weighted by Crippen LogP contribution is 2.20. The number of hydrogen-bond donors (Lipinski definition) is 1. The molecule has 1 aliphatic heterocycles. The van der Waals surface area contributed by atoms with Gasteiger partial charge in [-0.1, -0.05) is 0 Å². The number of pyridine rings is 1. The number of hydrogen-bond acceptors (Lipinski definition) is 3. The van der Waals surface area contributed by atoms with Crippen LogP contribution in [0.25, 0.3) is 11.4 Å². The molecule has 0 saturated carbocycles. The summed E-state index contributed by atoms with van der Waals surface area (Å²) >= 11 is 0. The van der Waals surface area contributed by atoms with E-state index in [0.29, 0.717) is 0 Å². The summed E-state index contributed by atoms with van der Waals surface area (Å²) in [6, 6.07) is 6.34. The maximum Gasteiger partial charge on any atom is 0.0885 e. The minimum atomic E-state index is 0.760. The van der Waals surface area contributed by atoms with Crippen LogP contribution in [0.2, 0.25) is 0 Å². The standard InChI is InChI=1S/C15H20N4/c1-19-15(5-8-18-19)14-10-12(4-7-17-14)9-13-3-2-6-16-11-13/h4-5,7-8,10,13,16H,2-3,6,9,11H2,1H3. The zero-order valence-corrected chi connectivity index (χ0v) is 11.3. The van der Waals surface area contributed by atoms with Crippen molar-refractivity contribution in [2.45, 2.75) is 19.3 Å². The number of aromatic nitrogens is 3. The second kappa shape index (κ2) is 5.53. The lowest BCUT2D eigenvalue weighted by Gasteiger charge is -2.22. The van der Waals surface area contributed by atoms with E-state index in [4.69, 9.17) is 0 Å². The lowest BCUT2D eigenvalue weighted by atomic mass is 9.92. The molecule has 4 heteroatoms. The van der Waals surface area contributed by atoms with Crippen molar-refractivity contribution in [3.05, 3.63) is 36.2 Å². The Morgan fingerprint density at radius 2 is 2.32 bits per heavy atom. The van der Waals surface area contributed by atoms with Crippen molar-refractivity contribution in [3.8, 4) is 11.4 Å². The third-order valence-corrected chi connectivity index (χ3v) is 3.83. The van der Waals surface area contributed by atoms with E-state index in [0.717, 1.165) is 30.3 Å². The summed E-state index contributed by atoms with van der Waals surface area (Å²) in [5.41, 5.74) is 3.46. The van der Waals surface area contributed by atoms with Crippen LogP contribution in [-0.2, 0) is 13.5 Å². The molecule has 0 radical (unpaired) electrons. The molecule has 2 aromatic heterocycles. The summed E-state index contributed by atoms with van der Waals surface area (Å²) in [5, 5.41) is 7.68. The van der Waals surface area contributed by atoms with Crippen molar-refractivity contribution in [1.82, 2.24) is 20.1 Å². The number of nitrogens with one attached hydrogen (secondary N) is 1. The molecule has 1 fully saturated rings. The van der Waals surface area contributed by atoms with Gasteiger partial charge in [0.05, 0.1) is 11.4 Å². The fourth-order valence-electron chi connectivity index (χ4n) is 2.80. The zero-order valence-electron chi connectivity index (χ0n) is 11.3. The van der Waals surface area contributed by atoms with E-state index in [1.54, 1.807) is 0 Å². The second-order valence-corrected chi connectivity index (χ2v) is 5.31. The van der Waals surface area contributed by atoms with Crippen molar-refractivity contribution in [1.29, 1.82) is 0 Å². The zero-order chi connectivity index (χ0) is 13.1. The van der Waals surface area contributed by atoms with Gasteiger partial charge in [0.25, 0.3) is 0 Å². The normalized spacial score (nSPS) is 19.5. The van der Waals surface area contributed by atoms with Crippen molar-refractivity contribution in [2.75, 3.05) is 13.1 Å².